The number of hydrogen-bond acceptors (Lipinski definition) is 2. The second-order valence-electron chi connectivity index (χ2n) is 9.91. The summed E-state index contributed by atoms with van der Waals surface area (Å²) in [6.07, 6.45) is 3.09. The van der Waals surface area contributed by atoms with Gasteiger partial charge < -0.3 is 0 Å². The Morgan fingerprint density at radius 3 is 1.87 bits per heavy atom. The molecule has 1 aromatic heterocycles. The molecule has 3 nitrogen and oxygen atoms in total. The van der Waals surface area contributed by atoms with Crippen LogP contribution in [-0.4, -0.2) is 14.8 Å². The van der Waals surface area contributed by atoms with Crippen molar-refractivity contribution in [3.05, 3.63) is 65.5 Å². The van der Waals surface area contributed by atoms with Crippen LogP contribution in [-0.2, 0) is 18.3 Å². The molecule has 0 saturated carbocycles. The Morgan fingerprint density at radius 1 is 0.800 bits per heavy atom. The highest BCUT2D eigenvalue weighted by Gasteiger charge is 2.30. The highest BCUT2D eigenvalue weighted by Crippen LogP contribution is 2.35. The van der Waals surface area contributed by atoms with Crippen molar-refractivity contribution in [1.82, 2.24) is 14.8 Å². The molecule has 2 aromatic carbocycles. The minimum Gasteiger partial charge on any atom is -0.278 e. The SMILES string of the molecule is CCC(C)(C)c1nnc(-c2ccccc2)n1-c1c(CC(C)C)cccc1CC(C)C. The molecule has 0 N–H and O–H groups in total. The molecular weight excluding hydrogens is 366 g/mol. The van der Waals surface area contributed by atoms with Gasteiger partial charge in [-0.2, -0.15) is 0 Å². The molecule has 3 aromatic rings. The van der Waals surface area contributed by atoms with Gasteiger partial charge >= 0.3 is 0 Å². The molecule has 0 saturated heterocycles. The number of rotatable bonds is 8. The fraction of sp³-hybridized carbons (Fsp3) is 0.481. The van der Waals surface area contributed by atoms with Crippen molar-refractivity contribution in [2.75, 3.05) is 0 Å². The van der Waals surface area contributed by atoms with Crippen LogP contribution in [0.2, 0.25) is 0 Å². The third-order valence-electron chi connectivity index (χ3n) is 5.87. The Kier molecular flexibility index (Phi) is 6.80. The van der Waals surface area contributed by atoms with Gasteiger partial charge in [0.1, 0.15) is 5.82 Å². The lowest BCUT2D eigenvalue weighted by molar-refractivity contribution is 0.463. The van der Waals surface area contributed by atoms with Gasteiger partial charge in [-0.05, 0) is 42.2 Å². The molecular formula is C27H37N3. The van der Waals surface area contributed by atoms with Crippen LogP contribution in [0.1, 0.15) is 71.8 Å². The van der Waals surface area contributed by atoms with E-state index in [0.717, 1.165) is 36.5 Å². The summed E-state index contributed by atoms with van der Waals surface area (Å²) in [5, 5.41) is 9.50. The molecule has 0 fully saturated rings. The summed E-state index contributed by atoms with van der Waals surface area (Å²) < 4.78 is 2.37. The largest absolute Gasteiger partial charge is 0.278 e. The highest BCUT2D eigenvalue weighted by atomic mass is 15.3. The summed E-state index contributed by atoms with van der Waals surface area (Å²) in [5.41, 5.74) is 5.10. The molecule has 0 aliphatic heterocycles. The van der Waals surface area contributed by atoms with Gasteiger partial charge in [0.15, 0.2) is 5.82 Å². The first kappa shape index (κ1) is 22.3. The average molecular weight is 404 g/mol. The molecule has 0 atom stereocenters. The number of para-hydroxylation sites is 1. The Bertz CT molecular complexity index is 937. The van der Waals surface area contributed by atoms with Crippen LogP contribution in [0.3, 0.4) is 0 Å². The van der Waals surface area contributed by atoms with Crippen LogP contribution < -0.4 is 0 Å². The van der Waals surface area contributed by atoms with E-state index in [2.05, 4.69) is 102 Å². The van der Waals surface area contributed by atoms with E-state index in [-0.39, 0.29) is 5.41 Å². The monoisotopic (exact) mass is 403 g/mol. The zero-order valence-electron chi connectivity index (χ0n) is 19.7. The van der Waals surface area contributed by atoms with Crippen LogP contribution in [0.15, 0.2) is 48.5 Å². The van der Waals surface area contributed by atoms with Crippen LogP contribution in [0.4, 0.5) is 0 Å². The zero-order chi connectivity index (χ0) is 21.9. The Labute approximate surface area is 182 Å². The van der Waals surface area contributed by atoms with Gasteiger partial charge in [0.05, 0.1) is 5.69 Å². The molecule has 0 unspecified atom stereocenters. The lowest BCUT2D eigenvalue weighted by Crippen LogP contribution is -2.23. The molecule has 3 rings (SSSR count). The van der Waals surface area contributed by atoms with Crippen LogP contribution in [0.5, 0.6) is 0 Å². The minimum atomic E-state index is -0.0694. The van der Waals surface area contributed by atoms with Gasteiger partial charge in [0.2, 0.25) is 0 Å². The minimum absolute atomic E-state index is 0.0694. The Balaban J connectivity index is 2.37. The average Bonchev–Trinajstić information content (AvgIpc) is 3.13. The van der Waals surface area contributed by atoms with Crippen molar-refractivity contribution in [3.63, 3.8) is 0 Å². The fourth-order valence-electron chi connectivity index (χ4n) is 4.01. The van der Waals surface area contributed by atoms with Crippen molar-refractivity contribution in [2.24, 2.45) is 11.8 Å². The van der Waals surface area contributed by atoms with E-state index in [1.807, 2.05) is 0 Å². The number of aromatic nitrogens is 3. The molecule has 0 aliphatic carbocycles. The molecule has 3 heteroatoms. The predicted molar refractivity (Wildman–Crippen MR) is 127 cm³/mol. The summed E-state index contributed by atoms with van der Waals surface area (Å²) in [4.78, 5) is 0. The van der Waals surface area contributed by atoms with E-state index in [0.29, 0.717) is 11.8 Å². The number of benzene rings is 2. The predicted octanol–water partition coefficient (Wildman–Crippen LogP) is 7.02. The molecule has 0 aliphatic rings. The van der Waals surface area contributed by atoms with E-state index in [9.17, 15) is 0 Å². The van der Waals surface area contributed by atoms with Crippen LogP contribution in [0, 0.1) is 11.8 Å². The normalized spacial score (nSPS) is 12.2. The van der Waals surface area contributed by atoms with Gasteiger partial charge in [-0.25, -0.2) is 0 Å². The molecule has 0 bridgehead atoms. The first-order valence-corrected chi connectivity index (χ1v) is 11.4. The maximum absolute atomic E-state index is 4.76. The lowest BCUT2D eigenvalue weighted by Gasteiger charge is -2.27. The van der Waals surface area contributed by atoms with E-state index in [1.165, 1.54) is 16.8 Å². The van der Waals surface area contributed by atoms with Gasteiger partial charge in [-0.15, -0.1) is 10.2 Å². The third kappa shape index (κ3) is 4.66. The summed E-state index contributed by atoms with van der Waals surface area (Å²) in [6.45, 7) is 15.9. The quantitative estimate of drug-likeness (QED) is 0.404. The lowest BCUT2D eigenvalue weighted by atomic mass is 9.88. The maximum Gasteiger partial charge on any atom is 0.168 e. The molecule has 0 radical (unpaired) electrons. The van der Waals surface area contributed by atoms with Gasteiger partial charge in [0, 0.05) is 11.0 Å². The number of nitrogens with zero attached hydrogens (tertiary/aromatic N) is 3. The molecule has 30 heavy (non-hydrogen) atoms. The van der Waals surface area contributed by atoms with Gasteiger partial charge in [-0.1, -0.05) is 97.0 Å². The highest BCUT2D eigenvalue weighted by molar-refractivity contribution is 5.62. The standard InChI is InChI=1S/C27H37N3/c1-8-27(6,7)26-29-28-25(21-13-10-9-11-14-21)30(26)24-22(17-19(2)3)15-12-16-23(24)18-20(4)5/h9-16,19-20H,8,17-18H2,1-7H3. The van der Waals surface area contributed by atoms with E-state index >= 15 is 0 Å². The van der Waals surface area contributed by atoms with Crippen LogP contribution >= 0.6 is 0 Å². The molecule has 0 amide bonds. The van der Waals surface area contributed by atoms with Crippen molar-refractivity contribution < 1.29 is 0 Å². The van der Waals surface area contributed by atoms with Gasteiger partial charge in [0.25, 0.3) is 0 Å². The van der Waals surface area contributed by atoms with Gasteiger partial charge in [-0.3, -0.25) is 4.57 Å². The second-order valence-corrected chi connectivity index (χ2v) is 9.91. The van der Waals surface area contributed by atoms with E-state index in [1.54, 1.807) is 0 Å². The summed E-state index contributed by atoms with van der Waals surface area (Å²) in [5.74, 6) is 3.15. The zero-order valence-corrected chi connectivity index (χ0v) is 19.7. The summed E-state index contributed by atoms with van der Waals surface area (Å²) in [6, 6.07) is 17.3. The molecule has 0 spiro atoms. The molecule has 1 heterocycles. The third-order valence-corrected chi connectivity index (χ3v) is 5.87. The first-order chi connectivity index (χ1) is 14.2. The summed E-state index contributed by atoms with van der Waals surface area (Å²) >= 11 is 0. The van der Waals surface area contributed by atoms with Crippen molar-refractivity contribution in [1.29, 1.82) is 0 Å². The Morgan fingerprint density at radius 2 is 1.37 bits per heavy atom. The maximum atomic E-state index is 4.76. The Hall–Kier alpha value is -2.42. The topological polar surface area (TPSA) is 30.7 Å². The van der Waals surface area contributed by atoms with E-state index < -0.39 is 0 Å². The van der Waals surface area contributed by atoms with Crippen LogP contribution in [0.25, 0.3) is 17.1 Å². The molecule has 160 valence electrons. The van der Waals surface area contributed by atoms with E-state index in [4.69, 9.17) is 10.2 Å². The number of hydrogen-bond donors (Lipinski definition) is 0. The summed E-state index contributed by atoms with van der Waals surface area (Å²) in [7, 11) is 0. The second kappa shape index (κ2) is 9.16. The van der Waals surface area contributed by atoms with Crippen molar-refractivity contribution in [2.45, 2.75) is 73.1 Å². The fourth-order valence-corrected chi connectivity index (χ4v) is 4.01. The van der Waals surface area contributed by atoms with Crippen molar-refractivity contribution >= 4 is 0 Å². The van der Waals surface area contributed by atoms with Crippen molar-refractivity contribution in [3.8, 4) is 17.1 Å². The smallest absolute Gasteiger partial charge is 0.168 e. The first-order valence-electron chi connectivity index (χ1n) is 11.4.